The van der Waals surface area contributed by atoms with Crippen molar-refractivity contribution in [1.82, 2.24) is 4.90 Å². The summed E-state index contributed by atoms with van der Waals surface area (Å²) in [6.07, 6.45) is 0.225. The standard InChI is InChI=1S/C23H27BrN2O4S/c1-14-6-5-7-18(8-14)25-21(27)13-29-22-19(24)9-17(10-20(22)28-4)23(31)26-11-15(2)30-16(3)12-26/h5-10,15-16H,11-13H2,1-4H3,(H,25,27)/t15-,16-/m1/s1. The highest BCUT2D eigenvalue weighted by atomic mass is 79.9. The van der Waals surface area contributed by atoms with E-state index >= 15 is 0 Å². The second-order valence-corrected chi connectivity index (χ2v) is 8.90. The minimum Gasteiger partial charge on any atom is -0.493 e. The molecule has 0 radical (unpaired) electrons. The Bertz CT molecular complexity index is 959. The number of anilines is 1. The highest BCUT2D eigenvalue weighted by Gasteiger charge is 2.25. The van der Waals surface area contributed by atoms with E-state index in [0.717, 1.165) is 34.9 Å². The molecule has 3 rings (SSSR count). The molecule has 8 heteroatoms. The molecule has 1 N–H and O–H groups in total. The zero-order chi connectivity index (χ0) is 22.5. The highest BCUT2D eigenvalue weighted by molar-refractivity contribution is 9.10. The minimum atomic E-state index is -0.254. The molecule has 0 saturated carbocycles. The number of halogens is 1. The molecule has 1 fully saturated rings. The van der Waals surface area contributed by atoms with Crippen molar-refractivity contribution < 1.29 is 19.0 Å². The van der Waals surface area contributed by atoms with Crippen molar-refractivity contribution in [3.8, 4) is 11.5 Å². The summed E-state index contributed by atoms with van der Waals surface area (Å²) < 4.78 is 17.8. The number of morpholine rings is 1. The van der Waals surface area contributed by atoms with Crippen LogP contribution in [0.5, 0.6) is 11.5 Å². The quantitative estimate of drug-likeness (QED) is 0.579. The van der Waals surface area contributed by atoms with Crippen molar-refractivity contribution in [3.05, 3.63) is 52.0 Å². The lowest BCUT2D eigenvalue weighted by molar-refractivity contribution is -0.118. The Balaban J connectivity index is 1.70. The van der Waals surface area contributed by atoms with E-state index in [0.29, 0.717) is 16.0 Å². The third kappa shape index (κ3) is 6.18. The zero-order valence-electron chi connectivity index (χ0n) is 18.1. The number of amides is 1. The van der Waals surface area contributed by atoms with Crippen molar-refractivity contribution in [2.24, 2.45) is 0 Å². The summed E-state index contributed by atoms with van der Waals surface area (Å²) in [4.78, 5) is 15.2. The first-order valence-corrected chi connectivity index (χ1v) is 11.3. The van der Waals surface area contributed by atoms with Crippen LogP contribution in [0.1, 0.15) is 25.0 Å². The molecule has 0 unspecified atom stereocenters. The van der Waals surface area contributed by atoms with Gasteiger partial charge in [0.15, 0.2) is 18.1 Å². The summed E-state index contributed by atoms with van der Waals surface area (Å²) in [5, 5.41) is 2.83. The first-order valence-electron chi connectivity index (χ1n) is 10.1. The predicted molar refractivity (Wildman–Crippen MR) is 129 cm³/mol. The van der Waals surface area contributed by atoms with Crippen molar-refractivity contribution >= 4 is 44.7 Å². The van der Waals surface area contributed by atoms with Crippen LogP contribution in [0, 0.1) is 6.92 Å². The molecule has 1 amide bonds. The number of hydrogen-bond donors (Lipinski definition) is 1. The Morgan fingerprint density at radius 1 is 1.26 bits per heavy atom. The van der Waals surface area contributed by atoms with Crippen LogP contribution in [-0.2, 0) is 9.53 Å². The summed E-state index contributed by atoms with van der Waals surface area (Å²) in [5.74, 6) is 0.706. The molecule has 0 bridgehead atoms. The second kappa shape index (κ2) is 10.4. The van der Waals surface area contributed by atoms with Gasteiger partial charge in [0, 0.05) is 24.3 Å². The maximum atomic E-state index is 12.3. The molecular formula is C23H27BrN2O4S. The molecule has 31 heavy (non-hydrogen) atoms. The minimum absolute atomic E-state index is 0.113. The van der Waals surface area contributed by atoms with Gasteiger partial charge in [-0.3, -0.25) is 4.79 Å². The van der Waals surface area contributed by atoms with Gasteiger partial charge in [0.1, 0.15) is 4.99 Å². The maximum Gasteiger partial charge on any atom is 0.262 e. The first kappa shape index (κ1) is 23.5. The third-order valence-corrected chi connectivity index (χ3v) is 5.92. The lowest BCUT2D eigenvalue weighted by atomic mass is 10.1. The van der Waals surface area contributed by atoms with Gasteiger partial charge in [0.25, 0.3) is 5.91 Å². The average molecular weight is 507 g/mol. The number of carbonyl (C=O) groups excluding carboxylic acids is 1. The molecule has 1 aliphatic rings. The molecule has 1 saturated heterocycles. The van der Waals surface area contributed by atoms with Crippen LogP contribution in [0.3, 0.4) is 0 Å². The van der Waals surface area contributed by atoms with Crippen LogP contribution in [0.4, 0.5) is 5.69 Å². The van der Waals surface area contributed by atoms with Gasteiger partial charge >= 0.3 is 0 Å². The summed E-state index contributed by atoms with van der Waals surface area (Å²) in [6.45, 7) is 7.38. The van der Waals surface area contributed by atoms with Crippen LogP contribution in [0.15, 0.2) is 40.9 Å². The molecule has 6 nitrogen and oxygen atoms in total. The molecule has 0 spiro atoms. The number of carbonyl (C=O) groups is 1. The molecule has 1 heterocycles. The fourth-order valence-electron chi connectivity index (χ4n) is 3.57. The number of aryl methyl sites for hydroxylation is 1. The van der Waals surface area contributed by atoms with E-state index in [1.807, 2.05) is 57.2 Å². The number of rotatable bonds is 6. The largest absolute Gasteiger partial charge is 0.493 e. The molecule has 2 aromatic carbocycles. The first-order chi connectivity index (χ1) is 14.8. The van der Waals surface area contributed by atoms with Gasteiger partial charge < -0.3 is 24.4 Å². The van der Waals surface area contributed by atoms with E-state index < -0.39 is 0 Å². The van der Waals surface area contributed by atoms with Crippen molar-refractivity contribution in [1.29, 1.82) is 0 Å². The van der Waals surface area contributed by atoms with Crippen molar-refractivity contribution in [2.75, 3.05) is 32.1 Å². The smallest absolute Gasteiger partial charge is 0.262 e. The van der Waals surface area contributed by atoms with Gasteiger partial charge in [-0.25, -0.2) is 0 Å². The summed E-state index contributed by atoms with van der Waals surface area (Å²) in [6, 6.07) is 11.3. The van der Waals surface area contributed by atoms with E-state index in [9.17, 15) is 4.79 Å². The molecule has 166 valence electrons. The molecule has 2 atom stereocenters. The Kier molecular flexibility index (Phi) is 7.91. The summed E-state index contributed by atoms with van der Waals surface area (Å²) in [7, 11) is 1.56. The van der Waals surface area contributed by atoms with Crippen LogP contribution in [0.2, 0.25) is 0 Å². The van der Waals surface area contributed by atoms with E-state index in [1.165, 1.54) is 0 Å². The van der Waals surface area contributed by atoms with Gasteiger partial charge in [-0.1, -0.05) is 24.4 Å². The topological polar surface area (TPSA) is 60.0 Å². The lowest BCUT2D eigenvalue weighted by Crippen LogP contribution is -2.47. The third-order valence-electron chi connectivity index (χ3n) is 4.83. The van der Waals surface area contributed by atoms with Gasteiger partial charge in [-0.2, -0.15) is 0 Å². The van der Waals surface area contributed by atoms with Gasteiger partial charge in [0.05, 0.1) is 23.8 Å². The number of methoxy groups -OCH3 is 1. The Morgan fingerprint density at radius 3 is 2.61 bits per heavy atom. The number of ether oxygens (including phenoxy) is 3. The fourth-order valence-corrected chi connectivity index (χ4v) is 4.39. The number of hydrogen-bond acceptors (Lipinski definition) is 5. The summed E-state index contributed by atoms with van der Waals surface area (Å²) >= 11 is 9.28. The van der Waals surface area contributed by atoms with Crippen LogP contribution < -0.4 is 14.8 Å². The van der Waals surface area contributed by atoms with Gasteiger partial charge in [-0.05, 0) is 66.5 Å². The fraction of sp³-hybridized carbons (Fsp3) is 0.391. The SMILES string of the molecule is COc1cc(C(=S)N2C[C@@H](C)O[C@H](C)C2)cc(Br)c1OCC(=O)Nc1cccc(C)c1. The van der Waals surface area contributed by atoms with E-state index in [-0.39, 0.29) is 24.7 Å². The highest BCUT2D eigenvalue weighted by Crippen LogP contribution is 2.37. The van der Waals surface area contributed by atoms with Crippen LogP contribution in [0.25, 0.3) is 0 Å². The number of nitrogens with one attached hydrogen (secondary N) is 1. The number of benzene rings is 2. The van der Waals surface area contributed by atoms with Crippen LogP contribution >= 0.6 is 28.1 Å². The van der Waals surface area contributed by atoms with Crippen molar-refractivity contribution in [2.45, 2.75) is 33.0 Å². The second-order valence-electron chi connectivity index (χ2n) is 7.66. The normalized spacial score (nSPS) is 18.4. The molecule has 0 aliphatic carbocycles. The Labute approximate surface area is 197 Å². The Hall–Kier alpha value is -2.16. The molecular weight excluding hydrogens is 480 g/mol. The Morgan fingerprint density at radius 2 is 1.97 bits per heavy atom. The van der Waals surface area contributed by atoms with E-state index in [4.69, 9.17) is 26.4 Å². The average Bonchev–Trinajstić information content (AvgIpc) is 2.71. The van der Waals surface area contributed by atoms with Crippen molar-refractivity contribution in [3.63, 3.8) is 0 Å². The van der Waals surface area contributed by atoms with Gasteiger partial charge in [-0.15, -0.1) is 0 Å². The number of thiocarbonyl (C=S) groups is 1. The zero-order valence-corrected chi connectivity index (χ0v) is 20.5. The number of nitrogens with zero attached hydrogens (tertiary/aromatic N) is 1. The molecule has 2 aromatic rings. The maximum absolute atomic E-state index is 12.3. The van der Waals surface area contributed by atoms with E-state index in [1.54, 1.807) is 7.11 Å². The molecule has 0 aromatic heterocycles. The van der Waals surface area contributed by atoms with Crippen LogP contribution in [-0.4, -0.2) is 54.8 Å². The van der Waals surface area contributed by atoms with E-state index in [2.05, 4.69) is 26.1 Å². The monoisotopic (exact) mass is 506 g/mol. The lowest BCUT2D eigenvalue weighted by Gasteiger charge is -2.37. The molecule has 1 aliphatic heterocycles. The summed E-state index contributed by atoms with van der Waals surface area (Å²) in [5.41, 5.74) is 2.64. The van der Waals surface area contributed by atoms with Gasteiger partial charge in [0.2, 0.25) is 0 Å². The predicted octanol–water partition coefficient (Wildman–Crippen LogP) is 4.57.